The van der Waals surface area contributed by atoms with E-state index in [-0.39, 0.29) is 43.1 Å². The number of aliphatic hydroxyl groups is 1. The number of amides is 1. The first-order valence-corrected chi connectivity index (χ1v) is 11.0. The molecule has 2 N–H and O–H groups in total. The third kappa shape index (κ3) is 6.27. The highest BCUT2D eigenvalue weighted by molar-refractivity contribution is 5.91. The first-order chi connectivity index (χ1) is 16.5. The van der Waals surface area contributed by atoms with Crippen LogP contribution in [0.2, 0.25) is 0 Å². The highest BCUT2D eigenvalue weighted by Gasteiger charge is 2.29. The van der Waals surface area contributed by atoms with Gasteiger partial charge >= 0.3 is 0 Å². The second kappa shape index (κ2) is 11.0. The second-order valence-corrected chi connectivity index (χ2v) is 8.07. The Morgan fingerprint density at radius 3 is 2.15 bits per heavy atom. The fourth-order valence-corrected chi connectivity index (χ4v) is 3.66. The summed E-state index contributed by atoms with van der Waals surface area (Å²) in [5.41, 5.74) is 3.29. The third-order valence-corrected chi connectivity index (χ3v) is 5.59. The molecule has 3 aromatic rings. The molecule has 0 bridgehead atoms. The van der Waals surface area contributed by atoms with Gasteiger partial charge in [0.05, 0.1) is 13.2 Å². The van der Waals surface area contributed by atoms with Crippen molar-refractivity contribution in [2.24, 2.45) is 0 Å². The second-order valence-electron chi connectivity index (χ2n) is 8.07. The number of carbonyl (C=O) groups is 1. The van der Waals surface area contributed by atoms with Crippen LogP contribution in [0.3, 0.4) is 0 Å². The summed E-state index contributed by atoms with van der Waals surface area (Å²) in [5, 5.41) is 12.0. The lowest BCUT2D eigenvalue weighted by molar-refractivity contribution is -0.150. The number of allylic oxidation sites excluding steroid dienone is 1. The molecular weight excluding hydrogens is 440 g/mol. The minimum absolute atomic E-state index is 0.0343. The molecule has 7 heteroatoms. The summed E-state index contributed by atoms with van der Waals surface area (Å²) in [5.74, 6) is -1.19. The molecule has 0 saturated heterocycles. The number of halogens is 2. The summed E-state index contributed by atoms with van der Waals surface area (Å²) in [6, 6.07) is 19.3. The molecule has 0 saturated carbocycles. The zero-order chi connectivity index (χ0) is 23.9. The Hall–Kier alpha value is -3.55. The lowest BCUT2D eigenvalue weighted by Gasteiger charge is -2.29. The van der Waals surface area contributed by atoms with E-state index in [2.05, 4.69) is 5.32 Å². The molecule has 0 radical (unpaired) electrons. The predicted octanol–water partition coefficient (Wildman–Crippen LogP) is 4.70. The van der Waals surface area contributed by atoms with Crippen LogP contribution in [0, 0.1) is 11.6 Å². The van der Waals surface area contributed by atoms with Crippen molar-refractivity contribution in [3.63, 3.8) is 0 Å². The SMILES string of the molecule is O=C(NCc1ccc(F)cc1)C1=C[C@@H](c2ccc(F)cc2)C[C@@H](OCc2ccc(CO)cc2)O1. The van der Waals surface area contributed by atoms with Crippen LogP contribution in [0.5, 0.6) is 0 Å². The van der Waals surface area contributed by atoms with Crippen LogP contribution in [0.4, 0.5) is 8.78 Å². The maximum absolute atomic E-state index is 13.4. The first kappa shape index (κ1) is 23.6. The Bertz CT molecular complexity index is 1130. The van der Waals surface area contributed by atoms with Gasteiger partial charge in [-0.15, -0.1) is 0 Å². The molecule has 1 heterocycles. The number of benzene rings is 3. The number of aliphatic hydroxyl groups excluding tert-OH is 1. The summed E-state index contributed by atoms with van der Waals surface area (Å²) < 4.78 is 38.3. The number of rotatable bonds is 8. The van der Waals surface area contributed by atoms with Crippen molar-refractivity contribution in [1.82, 2.24) is 5.32 Å². The van der Waals surface area contributed by atoms with E-state index in [9.17, 15) is 18.7 Å². The monoisotopic (exact) mass is 465 g/mol. The van der Waals surface area contributed by atoms with E-state index >= 15 is 0 Å². The van der Waals surface area contributed by atoms with Gasteiger partial charge in [0.2, 0.25) is 6.29 Å². The van der Waals surface area contributed by atoms with Crippen molar-refractivity contribution >= 4 is 5.91 Å². The van der Waals surface area contributed by atoms with Gasteiger partial charge in [0, 0.05) is 18.9 Å². The third-order valence-electron chi connectivity index (χ3n) is 5.59. The molecule has 1 aliphatic rings. The van der Waals surface area contributed by atoms with Crippen LogP contribution in [0.25, 0.3) is 0 Å². The molecule has 176 valence electrons. The zero-order valence-electron chi connectivity index (χ0n) is 18.4. The highest BCUT2D eigenvalue weighted by atomic mass is 19.1. The van der Waals surface area contributed by atoms with E-state index in [0.29, 0.717) is 6.42 Å². The Kier molecular flexibility index (Phi) is 7.67. The van der Waals surface area contributed by atoms with Gasteiger partial charge in [-0.25, -0.2) is 8.78 Å². The fourth-order valence-electron chi connectivity index (χ4n) is 3.66. The first-order valence-electron chi connectivity index (χ1n) is 11.0. The number of hydrogen-bond acceptors (Lipinski definition) is 4. The topological polar surface area (TPSA) is 67.8 Å². The number of carbonyl (C=O) groups excluding carboxylic acids is 1. The molecule has 0 fully saturated rings. The molecular formula is C27H25F2NO4. The maximum Gasteiger partial charge on any atom is 0.286 e. The molecule has 1 aliphatic heterocycles. The molecule has 4 rings (SSSR count). The smallest absolute Gasteiger partial charge is 0.286 e. The van der Waals surface area contributed by atoms with E-state index in [0.717, 1.165) is 22.3 Å². The van der Waals surface area contributed by atoms with Crippen LogP contribution in [-0.2, 0) is 34.0 Å². The van der Waals surface area contributed by atoms with E-state index in [1.165, 1.54) is 24.3 Å². The molecule has 34 heavy (non-hydrogen) atoms. The van der Waals surface area contributed by atoms with Crippen LogP contribution in [0.1, 0.15) is 34.6 Å². The van der Waals surface area contributed by atoms with Crippen molar-refractivity contribution in [3.05, 3.63) is 119 Å². The summed E-state index contributed by atoms with van der Waals surface area (Å²) >= 11 is 0. The molecule has 0 spiro atoms. The average molecular weight is 465 g/mol. The van der Waals surface area contributed by atoms with Crippen molar-refractivity contribution in [1.29, 1.82) is 0 Å². The zero-order valence-corrected chi connectivity index (χ0v) is 18.4. The highest BCUT2D eigenvalue weighted by Crippen LogP contribution is 2.32. The van der Waals surface area contributed by atoms with Crippen molar-refractivity contribution < 1.29 is 28.2 Å². The van der Waals surface area contributed by atoms with Crippen LogP contribution < -0.4 is 5.32 Å². The standard InChI is InChI=1S/C27H25F2NO4/c28-23-9-5-18(6-10-23)15-30-27(32)25-13-22(21-7-11-24(29)12-8-21)14-26(34-25)33-17-20-3-1-19(16-31)2-4-20/h1-13,22,26,31H,14-17H2,(H,30,32)/t22-,26+/m1/s1. The molecule has 0 aliphatic carbocycles. The van der Waals surface area contributed by atoms with E-state index in [1.807, 2.05) is 24.3 Å². The lowest BCUT2D eigenvalue weighted by atomic mass is 9.93. The summed E-state index contributed by atoms with van der Waals surface area (Å²) in [6.45, 7) is 0.439. The van der Waals surface area contributed by atoms with Crippen molar-refractivity contribution in [3.8, 4) is 0 Å². The molecule has 0 unspecified atom stereocenters. The Balaban J connectivity index is 1.46. The van der Waals surface area contributed by atoms with Gasteiger partial charge in [-0.1, -0.05) is 48.5 Å². The van der Waals surface area contributed by atoms with Gasteiger partial charge in [0.15, 0.2) is 5.76 Å². The largest absolute Gasteiger partial charge is 0.459 e. The lowest BCUT2D eigenvalue weighted by Crippen LogP contribution is -2.32. The quantitative estimate of drug-likeness (QED) is 0.506. The minimum Gasteiger partial charge on any atom is -0.459 e. The average Bonchev–Trinajstić information content (AvgIpc) is 2.87. The number of hydrogen-bond donors (Lipinski definition) is 2. The Labute approximate surface area is 196 Å². The van der Waals surface area contributed by atoms with Gasteiger partial charge in [-0.3, -0.25) is 4.79 Å². The fraction of sp³-hybridized carbons (Fsp3) is 0.222. The normalized spacial score (nSPS) is 17.6. The molecule has 0 aromatic heterocycles. The van der Waals surface area contributed by atoms with Gasteiger partial charge < -0.3 is 19.9 Å². The predicted molar refractivity (Wildman–Crippen MR) is 122 cm³/mol. The van der Waals surface area contributed by atoms with Crippen molar-refractivity contribution in [2.75, 3.05) is 0 Å². The van der Waals surface area contributed by atoms with Gasteiger partial charge in [-0.2, -0.15) is 0 Å². The molecule has 3 aromatic carbocycles. The van der Waals surface area contributed by atoms with Gasteiger partial charge in [-0.05, 0) is 52.6 Å². The summed E-state index contributed by atoms with van der Waals surface area (Å²) in [7, 11) is 0. The minimum atomic E-state index is -0.691. The summed E-state index contributed by atoms with van der Waals surface area (Å²) in [6.07, 6.45) is 1.47. The number of nitrogens with one attached hydrogen (secondary N) is 1. The number of ether oxygens (including phenoxy) is 2. The van der Waals surface area contributed by atoms with Crippen LogP contribution in [-0.4, -0.2) is 17.3 Å². The van der Waals surface area contributed by atoms with E-state index < -0.39 is 12.2 Å². The van der Waals surface area contributed by atoms with E-state index in [1.54, 1.807) is 30.3 Å². The van der Waals surface area contributed by atoms with Crippen molar-refractivity contribution in [2.45, 2.75) is 38.4 Å². The van der Waals surface area contributed by atoms with Crippen LogP contribution >= 0.6 is 0 Å². The Morgan fingerprint density at radius 2 is 1.50 bits per heavy atom. The van der Waals surface area contributed by atoms with Crippen LogP contribution in [0.15, 0.2) is 84.6 Å². The molecule has 5 nitrogen and oxygen atoms in total. The van der Waals surface area contributed by atoms with E-state index in [4.69, 9.17) is 9.47 Å². The molecule has 2 atom stereocenters. The summed E-state index contributed by atoms with van der Waals surface area (Å²) in [4.78, 5) is 12.8. The van der Waals surface area contributed by atoms with Gasteiger partial charge in [0.25, 0.3) is 5.91 Å². The van der Waals surface area contributed by atoms with Gasteiger partial charge in [0.1, 0.15) is 11.6 Å². The maximum atomic E-state index is 13.4. The molecule has 1 amide bonds. The Morgan fingerprint density at radius 1 is 0.912 bits per heavy atom.